The maximum Gasteiger partial charge on any atom is 0.142 e. The fourth-order valence-corrected chi connectivity index (χ4v) is 3.64. The van der Waals surface area contributed by atoms with Crippen LogP contribution in [0.15, 0.2) is 21.2 Å². The quantitative estimate of drug-likeness (QED) is 0.872. The van der Waals surface area contributed by atoms with Crippen LogP contribution in [0.2, 0.25) is 0 Å². The summed E-state index contributed by atoms with van der Waals surface area (Å²) in [4.78, 5) is 6.88. The number of hydrogen-bond donors (Lipinski definition) is 1. The second-order valence-corrected chi connectivity index (χ2v) is 6.48. The Labute approximate surface area is 126 Å². The van der Waals surface area contributed by atoms with Gasteiger partial charge in [-0.15, -0.1) is 0 Å². The van der Waals surface area contributed by atoms with E-state index in [2.05, 4.69) is 60.1 Å². The summed E-state index contributed by atoms with van der Waals surface area (Å²) >= 11 is 7.05. The summed E-state index contributed by atoms with van der Waals surface area (Å²) in [5.41, 5.74) is 0. The van der Waals surface area contributed by atoms with Crippen molar-refractivity contribution in [2.75, 3.05) is 31.1 Å². The highest BCUT2D eigenvalue weighted by Crippen LogP contribution is 2.27. The van der Waals surface area contributed by atoms with Gasteiger partial charge in [-0.25, -0.2) is 4.98 Å². The van der Waals surface area contributed by atoms with E-state index in [1.54, 1.807) is 0 Å². The summed E-state index contributed by atoms with van der Waals surface area (Å²) in [6.45, 7) is 6.56. The third-order valence-corrected chi connectivity index (χ3v) is 4.36. The lowest BCUT2D eigenvalue weighted by Crippen LogP contribution is -2.38. The Kier molecular flexibility index (Phi) is 5.45. The summed E-state index contributed by atoms with van der Waals surface area (Å²) in [6, 6.07) is 2.06. The van der Waals surface area contributed by atoms with Crippen molar-refractivity contribution < 1.29 is 0 Å². The third-order valence-electron chi connectivity index (χ3n) is 3.35. The molecule has 0 spiro atoms. The van der Waals surface area contributed by atoms with Crippen molar-refractivity contribution in [3.63, 3.8) is 0 Å². The van der Waals surface area contributed by atoms with Gasteiger partial charge >= 0.3 is 0 Å². The fraction of sp³-hybridized carbons (Fsp3) is 0.615. The van der Waals surface area contributed by atoms with Crippen LogP contribution in [0.3, 0.4) is 0 Å². The molecule has 0 bridgehead atoms. The van der Waals surface area contributed by atoms with Gasteiger partial charge in [0.1, 0.15) is 5.82 Å². The minimum Gasteiger partial charge on any atom is -0.356 e. The summed E-state index contributed by atoms with van der Waals surface area (Å²) in [5, 5.41) is 3.47. The molecule has 1 atom stereocenters. The lowest BCUT2D eigenvalue weighted by Gasteiger charge is -2.30. The first-order valence-electron chi connectivity index (χ1n) is 6.47. The topological polar surface area (TPSA) is 28.2 Å². The van der Waals surface area contributed by atoms with Crippen molar-refractivity contribution >= 4 is 37.7 Å². The molecule has 1 unspecified atom stereocenters. The fourth-order valence-electron chi connectivity index (χ4n) is 2.40. The zero-order chi connectivity index (χ0) is 13.0. The van der Waals surface area contributed by atoms with Crippen LogP contribution in [0.25, 0.3) is 0 Å². The van der Waals surface area contributed by atoms with E-state index >= 15 is 0 Å². The van der Waals surface area contributed by atoms with Gasteiger partial charge in [0.15, 0.2) is 0 Å². The van der Waals surface area contributed by atoms with E-state index in [4.69, 9.17) is 0 Å². The number of nitrogens with zero attached hydrogens (tertiary/aromatic N) is 2. The molecule has 0 radical (unpaired) electrons. The Hall–Kier alpha value is -0.130. The number of pyridine rings is 1. The largest absolute Gasteiger partial charge is 0.356 e. The van der Waals surface area contributed by atoms with Crippen LogP contribution < -0.4 is 10.2 Å². The maximum atomic E-state index is 4.53. The van der Waals surface area contributed by atoms with Crippen molar-refractivity contribution in [2.45, 2.75) is 19.8 Å². The van der Waals surface area contributed by atoms with E-state index in [1.165, 1.54) is 19.4 Å². The molecule has 1 aliphatic heterocycles. The van der Waals surface area contributed by atoms with E-state index in [0.29, 0.717) is 0 Å². The zero-order valence-electron chi connectivity index (χ0n) is 10.6. The summed E-state index contributed by atoms with van der Waals surface area (Å²) < 4.78 is 2.07. The highest BCUT2D eigenvalue weighted by atomic mass is 79.9. The lowest BCUT2D eigenvalue weighted by atomic mass is 9.99. The van der Waals surface area contributed by atoms with Crippen LogP contribution in [0, 0.1) is 5.92 Å². The molecule has 1 saturated heterocycles. The molecule has 0 saturated carbocycles. The molecule has 18 heavy (non-hydrogen) atoms. The molecule has 2 rings (SSSR count). The Bertz CT molecular complexity index is 392. The van der Waals surface area contributed by atoms with Gasteiger partial charge in [-0.05, 0) is 76.7 Å². The second-order valence-electron chi connectivity index (χ2n) is 4.71. The molecule has 2 heterocycles. The zero-order valence-corrected chi connectivity index (χ0v) is 13.8. The van der Waals surface area contributed by atoms with Crippen molar-refractivity contribution in [3.8, 4) is 0 Å². The normalized spacial score (nSPS) is 19.8. The molecule has 3 nitrogen and oxygen atoms in total. The van der Waals surface area contributed by atoms with Crippen molar-refractivity contribution in [1.29, 1.82) is 0 Å². The summed E-state index contributed by atoms with van der Waals surface area (Å²) in [5.74, 6) is 1.78. The van der Waals surface area contributed by atoms with Gasteiger partial charge in [-0.1, -0.05) is 0 Å². The van der Waals surface area contributed by atoms with Crippen molar-refractivity contribution in [3.05, 3.63) is 21.2 Å². The van der Waals surface area contributed by atoms with E-state index in [9.17, 15) is 0 Å². The van der Waals surface area contributed by atoms with Gasteiger partial charge in [-0.3, -0.25) is 0 Å². The second kappa shape index (κ2) is 6.87. The van der Waals surface area contributed by atoms with E-state index in [0.717, 1.165) is 40.3 Å². The van der Waals surface area contributed by atoms with Crippen LogP contribution in [-0.2, 0) is 0 Å². The van der Waals surface area contributed by atoms with Crippen LogP contribution in [0.4, 0.5) is 5.82 Å². The van der Waals surface area contributed by atoms with Gasteiger partial charge in [-0.2, -0.15) is 0 Å². The number of aromatic nitrogens is 1. The smallest absolute Gasteiger partial charge is 0.142 e. The molecule has 1 fully saturated rings. The van der Waals surface area contributed by atoms with E-state index in [1.807, 2.05) is 6.20 Å². The molecular formula is C13H19Br2N3. The number of rotatable bonds is 4. The van der Waals surface area contributed by atoms with Gasteiger partial charge in [0, 0.05) is 23.8 Å². The Balaban J connectivity index is 2.07. The van der Waals surface area contributed by atoms with Crippen molar-refractivity contribution in [2.24, 2.45) is 5.92 Å². The molecule has 0 amide bonds. The monoisotopic (exact) mass is 375 g/mol. The number of nitrogens with one attached hydrogen (secondary N) is 1. The number of piperidine rings is 1. The first kappa shape index (κ1) is 14.3. The minimum absolute atomic E-state index is 0.732. The Morgan fingerprint density at radius 2 is 2.33 bits per heavy atom. The maximum absolute atomic E-state index is 4.53. The van der Waals surface area contributed by atoms with Gasteiger partial charge < -0.3 is 10.2 Å². The average Bonchev–Trinajstić information content (AvgIpc) is 2.38. The van der Waals surface area contributed by atoms with Crippen LogP contribution in [0.5, 0.6) is 0 Å². The molecule has 1 aromatic rings. The van der Waals surface area contributed by atoms with Gasteiger partial charge in [0.2, 0.25) is 0 Å². The predicted octanol–water partition coefficient (Wildman–Crippen LogP) is 3.43. The molecular weight excluding hydrogens is 358 g/mol. The highest BCUT2D eigenvalue weighted by molar-refractivity contribution is 9.11. The van der Waals surface area contributed by atoms with Crippen molar-refractivity contribution in [1.82, 2.24) is 10.3 Å². The number of hydrogen-bond acceptors (Lipinski definition) is 3. The van der Waals surface area contributed by atoms with E-state index in [-0.39, 0.29) is 0 Å². The predicted molar refractivity (Wildman–Crippen MR) is 83.1 cm³/mol. The molecule has 5 heteroatoms. The van der Waals surface area contributed by atoms with Crippen LogP contribution in [0.1, 0.15) is 19.8 Å². The molecule has 100 valence electrons. The highest BCUT2D eigenvalue weighted by Gasteiger charge is 2.18. The SMILES string of the molecule is CCN(CC1CCCNC1)c1ncc(Br)cc1Br. The molecule has 1 aliphatic rings. The van der Waals surface area contributed by atoms with Crippen LogP contribution >= 0.6 is 31.9 Å². The first-order chi connectivity index (χ1) is 8.70. The van der Waals surface area contributed by atoms with Gasteiger partial charge in [0.05, 0.1) is 4.47 Å². The summed E-state index contributed by atoms with van der Waals surface area (Å²) in [6.07, 6.45) is 4.47. The Morgan fingerprint density at radius 3 is 2.94 bits per heavy atom. The lowest BCUT2D eigenvalue weighted by molar-refractivity contribution is 0.377. The van der Waals surface area contributed by atoms with E-state index < -0.39 is 0 Å². The molecule has 0 aromatic carbocycles. The van der Waals surface area contributed by atoms with Crippen LogP contribution in [-0.4, -0.2) is 31.2 Å². The molecule has 1 N–H and O–H groups in total. The standard InChI is InChI=1S/C13H19Br2N3/c1-2-18(9-10-4-3-5-16-7-10)13-12(15)6-11(14)8-17-13/h6,8,10,16H,2-5,7,9H2,1H3. The first-order valence-corrected chi connectivity index (χ1v) is 8.06. The number of anilines is 1. The third kappa shape index (κ3) is 3.68. The Morgan fingerprint density at radius 1 is 1.50 bits per heavy atom. The molecule has 0 aliphatic carbocycles. The minimum atomic E-state index is 0.732. The van der Waals surface area contributed by atoms with Gasteiger partial charge in [0.25, 0.3) is 0 Å². The number of halogens is 2. The average molecular weight is 377 g/mol. The summed E-state index contributed by atoms with van der Waals surface area (Å²) in [7, 11) is 0. The molecule has 1 aromatic heterocycles.